The highest BCUT2D eigenvalue weighted by Gasteiger charge is 2.30. The molecule has 1 heterocycles. The zero-order chi connectivity index (χ0) is 10.8. The van der Waals surface area contributed by atoms with Gasteiger partial charge in [0.25, 0.3) is 0 Å². The van der Waals surface area contributed by atoms with Crippen molar-refractivity contribution >= 4 is 5.97 Å². The third-order valence-corrected chi connectivity index (χ3v) is 1.99. The second-order valence-electron chi connectivity index (χ2n) is 4.68. The fourth-order valence-electron chi connectivity index (χ4n) is 1.35. The van der Waals surface area contributed by atoms with Gasteiger partial charge in [0.1, 0.15) is 5.60 Å². The number of carbonyl (C=O) groups excluding carboxylic acids is 1. The van der Waals surface area contributed by atoms with E-state index in [0.717, 1.165) is 6.42 Å². The van der Waals surface area contributed by atoms with Gasteiger partial charge in [0, 0.05) is 12.6 Å². The monoisotopic (exact) mass is 201 g/mol. The van der Waals surface area contributed by atoms with Gasteiger partial charge < -0.3 is 15.2 Å². The normalized spacial score (nSPS) is 28.6. The van der Waals surface area contributed by atoms with Crippen LogP contribution in [0.15, 0.2) is 0 Å². The van der Waals surface area contributed by atoms with Crippen molar-refractivity contribution in [3.8, 4) is 0 Å². The highest BCUT2D eigenvalue weighted by Crippen LogP contribution is 2.16. The summed E-state index contributed by atoms with van der Waals surface area (Å²) in [7, 11) is 0. The second kappa shape index (κ2) is 4.28. The average Bonchev–Trinajstić information content (AvgIpc) is 2.01. The molecule has 1 aliphatic rings. The van der Waals surface area contributed by atoms with Gasteiger partial charge in [-0.15, -0.1) is 0 Å². The molecule has 0 aliphatic carbocycles. The molecule has 2 N–H and O–H groups in total. The minimum atomic E-state index is -0.474. The molecule has 0 aromatic heterocycles. The van der Waals surface area contributed by atoms with Gasteiger partial charge in [0.15, 0.2) is 6.10 Å². The molecule has 1 fully saturated rings. The summed E-state index contributed by atoms with van der Waals surface area (Å²) in [6.07, 6.45) is 0.909. The Labute approximate surface area is 84.7 Å². The average molecular weight is 201 g/mol. The van der Waals surface area contributed by atoms with Crippen LogP contribution in [0.25, 0.3) is 0 Å². The smallest absolute Gasteiger partial charge is 0.335 e. The minimum absolute atomic E-state index is 0.0567. The van der Waals surface area contributed by atoms with Crippen LogP contribution >= 0.6 is 0 Å². The van der Waals surface area contributed by atoms with E-state index in [9.17, 15) is 4.79 Å². The van der Waals surface area contributed by atoms with Crippen LogP contribution in [0.4, 0.5) is 0 Å². The summed E-state index contributed by atoms with van der Waals surface area (Å²) in [6, 6.07) is 0.0567. The van der Waals surface area contributed by atoms with Crippen molar-refractivity contribution in [1.29, 1.82) is 0 Å². The highest BCUT2D eigenvalue weighted by molar-refractivity contribution is 5.75. The summed E-state index contributed by atoms with van der Waals surface area (Å²) in [5.74, 6) is -0.298. The zero-order valence-electron chi connectivity index (χ0n) is 9.08. The molecule has 0 spiro atoms. The Hall–Kier alpha value is -0.610. The van der Waals surface area contributed by atoms with E-state index in [1.54, 1.807) is 0 Å². The van der Waals surface area contributed by atoms with Crippen LogP contribution in [-0.4, -0.2) is 30.3 Å². The number of ether oxygens (including phenoxy) is 2. The van der Waals surface area contributed by atoms with Gasteiger partial charge in [-0.3, -0.25) is 0 Å². The van der Waals surface area contributed by atoms with Crippen molar-refractivity contribution in [3.05, 3.63) is 0 Å². The molecule has 0 saturated carbocycles. The Kier molecular flexibility index (Phi) is 3.50. The van der Waals surface area contributed by atoms with E-state index in [2.05, 4.69) is 0 Å². The number of esters is 1. The quantitative estimate of drug-likeness (QED) is 0.638. The van der Waals surface area contributed by atoms with Crippen LogP contribution < -0.4 is 5.73 Å². The van der Waals surface area contributed by atoms with Crippen molar-refractivity contribution in [1.82, 2.24) is 0 Å². The molecule has 82 valence electrons. The number of hydrogen-bond donors (Lipinski definition) is 1. The van der Waals surface area contributed by atoms with E-state index in [1.807, 2.05) is 20.8 Å². The minimum Gasteiger partial charge on any atom is -0.458 e. The lowest BCUT2D eigenvalue weighted by molar-refractivity contribution is -0.171. The Bertz CT molecular complexity index is 210. The topological polar surface area (TPSA) is 61.5 Å². The molecule has 0 aromatic carbocycles. The van der Waals surface area contributed by atoms with Crippen LogP contribution in [0.5, 0.6) is 0 Å². The molecule has 2 atom stereocenters. The number of carbonyl (C=O) groups is 1. The molecular weight excluding hydrogens is 182 g/mol. The van der Waals surface area contributed by atoms with Gasteiger partial charge in [-0.1, -0.05) is 0 Å². The Morgan fingerprint density at radius 3 is 2.64 bits per heavy atom. The summed E-state index contributed by atoms with van der Waals surface area (Å²) in [5.41, 5.74) is 5.28. The van der Waals surface area contributed by atoms with E-state index in [4.69, 9.17) is 15.2 Å². The van der Waals surface area contributed by atoms with E-state index < -0.39 is 11.7 Å². The van der Waals surface area contributed by atoms with Gasteiger partial charge in [-0.25, -0.2) is 4.79 Å². The van der Waals surface area contributed by atoms with Gasteiger partial charge in [0.2, 0.25) is 0 Å². The summed E-state index contributed by atoms with van der Waals surface area (Å²) in [6.45, 7) is 6.07. The van der Waals surface area contributed by atoms with Gasteiger partial charge in [0.05, 0.1) is 0 Å². The summed E-state index contributed by atoms with van der Waals surface area (Å²) < 4.78 is 10.5. The Balaban J connectivity index is 2.44. The maximum Gasteiger partial charge on any atom is 0.335 e. The molecule has 0 bridgehead atoms. The molecule has 1 rings (SSSR count). The fraction of sp³-hybridized carbons (Fsp3) is 0.900. The first-order chi connectivity index (χ1) is 6.38. The van der Waals surface area contributed by atoms with E-state index >= 15 is 0 Å². The number of hydrogen-bond acceptors (Lipinski definition) is 4. The van der Waals surface area contributed by atoms with Gasteiger partial charge in [-0.2, -0.15) is 0 Å². The Morgan fingerprint density at radius 1 is 1.50 bits per heavy atom. The van der Waals surface area contributed by atoms with E-state index in [1.165, 1.54) is 0 Å². The number of nitrogens with two attached hydrogens (primary N) is 1. The van der Waals surface area contributed by atoms with Gasteiger partial charge in [-0.05, 0) is 33.6 Å². The Morgan fingerprint density at radius 2 is 2.14 bits per heavy atom. The first kappa shape index (κ1) is 11.5. The largest absolute Gasteiger partial charge is 0.458 e. The lowest BCUT2D eigenvalue weighted by Crippen LogP contribution is -2.42. The summed E-state index contributed by atoms with van der Waals surface area (Å²) >= 11 is 0. The first-order valence-corrected chi connectivity index (χ1v) is 4.98. The molecule has 0 radical (unpaired) electrons. The zero-order valence-corrected chi connectivity index (χ0v) is 9.08. The van der Waals surface area contributed by atoms with Crippen LogP contribution in [0.2, 0.25) is 0 Å². The third kappa shape index (κ3) is 3.64. The third-order valence-electron chi connectivity index (χ3n) is 1.99. The maximum atomic E-state index is 11.6. The van der Waals surface area contributed by atoms with E-state index in [0.29, 0.717) is 13.0 Å². The molecule has 4 heteroatoms. The molecule has 14 heavy (non-hydrogen) atoms. The van der Waals surface area contributed by atoms with Crippen molar-refractivity contribution in [2.75, 3.05) is 6.61 Å². The molecule has 1 saturated heterocycles. The van der Waals surface area contributed by atoms with Crippen molar-refractivity contribution in [2.45, 2.75) is 51.4 Å². The lowest BCUT2D eigenvalue weighted by atomic mass is 10.0. The summed E-state index contributed by atoms with van der Waals surface area (Å²) in [5, 5.41) is 0. The van der Waals surface area contributed by atoms with Crippen molar-refractivity contribution < 1.29 is 14.3 Å². The lowest BCUT2D eigenvalue weighted by Gasteiger charge is -2.28. The van der Waals surface area contributed by atoms with Crippen molar-refractivity contribution in [2.24, 2.45) is 5.73 Å². The predicted molar refractivity (Wildman–Crippen MR) is 52.8 cm³/mol. The molecule has 0 unspecified atom stereocenters. The molecule has 4 nitrogen and oxygen atoms in total. The van der Waals surface area contributed by atoms with Crippen LogP contribution in [0.3, 0.4) is 0 Å². The molecule has 1 aliphatic heterocycles. The number of rotatable bonds is 1. The SMILES string of the molecule is CC(C)(C)OC(=O)[C@@H]1C[C@@H](N)CCO1. The first-order valence-electron chi connectivity index (χ1n) is 4.98. The molecular formula is C10H19NO3. The second-order valence-corrected chi connectivity index (χ2v) is 4.68. The fourth-order valence-corrected chi connectivity index (χ4v) is 1.35. The molecule has 0 amide bonds. The van der Waals surface area contributed by atoms with Crippen molar-refractivity contribution in [3.63, 3.8) is 0 Å². The predicted octanol–water partition coefficient (Wildman–Crippen LogP) is 0.834. The maximum absolute atomic E-state index is 11.6. The van der Waals surface area contributed by atoms with E-state index in [-0.39, 0.29) is 12.0 Å². The van der Waals surface area contributed by atoms with Gasteiger partial charge >= 0.3 is 5.97 Å². The van der Waals surface area contributed by atoms with Crippen LogP contribution in [0, 0.1) is 0 Å². The highest BCUT2D eigenvalue weighted by atomic mass is 16.6. The molecule has 0 aromatic rings. The standard InChI is InChI=1S/C10H19NO3/c1-10(2,3)14-9(12)8-6-7(11)4-5-13-8/h7-8H,4-6,11H2,1-3H3/t7-,8-/m0/s1. The summed E-state index contributed by atoms with van der Waals surface area (Å²) in [4.78, 5) is 11.6. The van der Waals surface area contributed by atoms with Crippen LogP contribution in [-0.2, 0) is 14.3 Å². The van der Waals surface area contributed by atoms with Crippen LogP contribution in [0.1, 0.15) is 33.6 Å².